The van der Waals surface area contributed by atoms with Gasteiger partial charge in [-0.15, -0.1) is 0 Å². The molecule has 0 saturated carbocycles. The maximum atomic E-state index is 12.2. The number of amides is 2. The topological polar surface area (TPSA) is 104 Å². The minimum Gasteiger partial charge on any atom is -0.346 e. The quantitative estimate of drug-likeness (QED) is 0.554. The second kappa shape index (κ2) is 8.85. The first-order chi connectivity index (χ1) is 13.8. The third-order valence-electron chi connectivity index (χ3n) is 4.23. The molecular formula is C21H21N3O4S. The second-order valence-electron chi connectivity index (χ2n) is 6.52. The van der Waals surface area contributed by atoms with Crippen LogP contribution in [0.5, 0.6) is 0 Å². The third-order valence-corrected chi connectivity index (χ3v) is 5.65. The van der Waals surface area contributed by atoms with Gasteiger partial charge in [-0.3, -0.25) is 9.59 Å². The molecule has 0 unspecified atom stereocenters. The lowest BCUT2D eigenvalue weighted by Crippen LogP contribution is -2.40. The number of nitrogens with one attached hydrogen (secondary N) is 3. The van der Waals surface area contributed by atoms with E-state index in [2.05, 4.69) is 15.4 Å². The predicted octanol–water partition coefficient (Wildman–Crippen LogP) is 2.18. The van der Waals surface area contributed by atoms with Crippen molar-refractivity contribution in [1.29, 1.82) is 0 Å². The number of benzene rings is 3. The molecule has 0 bridgehead atoms. The van der Waals surface area contributed by atoms with Crippen molar-refractivity contribution in [2.75, 3.05) is 18.4 Å². The number of rotatable bonds is 7. The summed E-state index contributed by atoms with van der Waals surface area (Å²) in [5.74, 6) is -1.01. The van der Waals surface area contributed by atoms with Crippen LogP contribution in [-0.2, 0) is 19.6 Å². The Bertz CT molecular complexity index is 1140. The van der Waals surface area contributed by atoms with Gasteiger partial charge in [0.2, 0.25) is 21.8 Å². The summed E-state index contributed by atoms with van der Waals surface area (Å²) in [5, 5.41) is 7.14. The molecule has 0 atom stereocenters. The first kappa shape index (κ1) is 20.5. The Hall–Kier alpha value is -3.23. The van der Waals surface area contributed by atoms with E-state index in [9.17, 15) is 18.0 Å². The van der Waals surface area contributed by atoms with Gasteiger partial charge in [0.05, 0.1) is 18.0 Å². The Morgan fingerprint density at radius 1 is 0.828 bits per heavy atom. The average Bonchev–Trinajstić information content (AvgIpc) is 2.71. The maximum absolute atomic E-state index is 12.2. The lowest BCUT2D eigenvalue weighted by molar-refractivity contribution is -0.123. The van der Waals surface area contributed by atoms with Gasteiger partial charge in [0.15, 0.2) is 0 Å². The van der Waals surface area contributed by atoms with Crippen LogP contribution in [-0.4, -0.2) is 33.3 Å². The smallest absolute Gasteiger partial charge is 0.243 e. The molecule has 0 aliphatic heterocycles. The summed E-state index contributed by atoms with van der Waals surface area (Å²) >= 11 is 0. The molecule has 0 saturated heterocycles. The summed E-state index contributed by atoms with van der Waals surface area (Å²) in [6.45, 7) is 1.12. The molecule has 0 spiro atoms. The molecule has 2 amide bonds. The van der Waals surface area contributed by atoms with Crippen LogP contribution in [0.4, 0.5) is 5.69 Å². The number of carbonyl (C=O) groups excluding carboxylic acids is 2. The molecular weight excluding hydrogens is 390 g/mol. The van der Waals surface area contributed by atoms with Crippen LogP contribution in [0.15, 0.2) is 71.6 Å². The van der Waals surface area contributed by atoms with Gasteiger partial charge in [0.1, 0.15) is 0 Å². The Morgan fingerprint density at radius 3 is 2.24 bits per heavy atom. The highest BCUT2D eigenvalue weighted by Gasteiger charge is 2.15. The van der Waals surface area contributed by atoms with Crippen LogP contribution in [0.2, 0.25) is 0 Å². The van der Waals surface area contributed by atoms with Crippen molar-refractivity contribution >= 4 is 38.3 Å². The number of fused-ring (bicyclic) bond motifs is 1. The zero-order valence-electron chi connectivity index (χ0n) is 15.8. The highest BCUT2D eigenvalue weighted by atomic mass is 32.2. The number of anilines is 1. The number of sulfonamides is 1. The number of aryl methyl sites for hydroxylation is 1. The molecule has 0 fully saturated rings. The Kier molecular flexibility index (Phi) is 6.26. The molecule has 3 N–H and O–H groups in total. The van der Waals surface area contributed by atoms with E-state index in [-0.39, 0.29) is 11.4 Å². The van der Waals surface area contributed by atoms with E-state index in [1.165, 1.54) is 12.1 Å². The lowest BCUT2D eigenvalue weighted by atomic mass is 10.1. The molecule has 0 radical (unpaired) electrons. The summed E-state index contributed by atoms with van der Waals surface area (Å²) in [4.78, 5) is 24.0. The van der Waals surface area contributed by atoms with Crippen LogP contribution >= 0.6 is 0 Å². The third kappa shape index (κ3) is 5.63. The largest absolute Gasteiger partial charge is 0.346 e. The zero-order valence-corrected chi connectivity index (χ0v) is 16.6. The van der Waals surface area contributed by atoms with Crippen molar-refractivity contribution in [3.05, 3.63) is 72.3 Å². The first-order valence-corrected chi connectivity index (χ1v) is 10.4. The van der Waals surface area contributed by atoms with Crippen molar-refractivity contribution in [2.24, 2.45) is 0 Å². The number of carbonyl (C=O) groups is 2. The van der Waals surface area contributed by atoms with E-state index in [0.29, 0.717) is 5.69 Å². The van der Waals surface area contributed by atoms with Gasteiger partial charge in [0.25, 0.3) is 0 Å². The molecule has 3 aromatic rings. The monoisotopic (exact) mass is 411 g/mol. The summed E-state index contributed by atoms with van der Waals surface area (Å²) in [7, 11) is -3.79. The summed E-state index contributed by atoms with van der Waals surface area (Å²) in [5.41, 5.74) is 1.54. The molecule has 0 heterocycles. The first-order valence-electron chi connectivity index (χ1n) is 8.95. The minimum absolute atomic E-state index is 0.0740. The van der Waals surface area contributed by atoms with E-state index in [1.807, 2.05) is 43.3 Å². The fourth-order valence-corrected chi connectivity index (χ4v) is 3.66. The highest BCUT2D eigenvalue weighted by Crippen LogP contribution is 2.18. The molecule has 8 heteroatoms. The molecule has 7 nitrogen and oxygen atoms in total. The van der Waals surface area contributed by atoms with Crippen LogP contribution in [0.1, 0.15) is 5.56 Å². The van der Waals surface area contributed by atoms with E-state index in [4.69, 9.17) is 0 Å². The molecule has 150 valence electrons. The molecule has 0 aromatic heterocycles. The highest BCUT2D eigenvalue weighted by molar-refractivity contribution is 7.89. The summed E-state index contributed by atoms with van der Waals surface area (Å²) < 4.78 is 26.5. The molecule has 0 aliphatic rings. The fourth-order valence-electron chi connectivity index (χ4n) is 2.67. The van der Waals surface area contributed by atoms with Crippen molar-refractivity contribution in [1.82, 2.24) is 10.0 Å². The average molecular weight is 411 g/mol. The Balaban J connectivity index is 1.48. The summed E-state index contributed by atoms with van der Waals surface area (Å²) in [6.07, 6.45) is 0. The SMILES string of the molecule is Cc1ccc(S(=O)(=O)NCC(=O)NCC(=O)Nc2ccc3ccccc3c2)cc1. The zero-order chi connectivity index (χ0) is 20.9. The van der Waals surface area contributed by atoms with Gasteiger partial charge in [-0.1, -0.05) is 48.0 Å². The standard InChI is InChI=1S/C21H21N3O4S/c1-15-6-10-19(11-7-15)29(27,28)23-14-20(25)22-13-21(26)24-18-9-8-16-4-2-3-5-17(16)12-18/h2-12,23H,13-14H2,1H3,(H,22,25)(H,24,26). The van der Waals surface area contributed by atoms with Crippen molar-refractivity contribution in [3.63, 3.8) is 0 Å². The van der Waals surface area contributed by atoms with Gasteiger partial charge in [-0.25, -0.2) is 13.1 Å². The molecule has 3 rings (SSSR count). The van der Waals surface area contributed by atoms with Crippen LogP contribution in [0.3, 0.4) is 0 Å². The van der Waals surface area contributed by atoms with E-state index in [1.54, 1.807) is 18.2 Å². The van der Waals surface area contributed by atoms with E-state index in [0.717, 1.165) is 16.3 Å². The number of hydrogen-bond donors (Lipinski definition) is 3. The van der Waals surface area contributed by atoms with E-state index < -0.39 is 28.4 Å². The normalized spacial score (nSPS) is 11.2. The van der Waals surface area contributed by atoms with Crippen molar-refractivity contribution in [3.8, 4) is 0 Å². The Morgan fingerprint density at radius 2 is 1.52 bits per heavy atom. The molecule has 3 aromatic carbocycles. The summed E-state index contributed by atoms with van der Waals surface area (Å²) in [6, 6.07) is 19.5. The molecule has 0 aliphatic carbocycles. The maximum Gasteiger partial charge on any atom is 0.243 e. The molecule has 29 heavy (non-hydrogen) atoms. The van der Waals surface area contributed by atoms with Crippen LogP contribution < -0.4 is 15.4 Å². The van der Waals surface area contributed by atoms with Crippen LogP contribution in [0, 0.1) is 6.92 Å². The van der Waals surface area contributed by atoms with Gasteiger partial charge in [0, 0.05) is 5.69 Å². The van der Waals surface area contributed by atoms with Crippen LogP contribution in [0.25, 0.3) is 10.8 Å². The second-order valence-corrected chi connectivity index (χ2v) is 8.29. The van der Waals surface area contributed by atoms with Gasteiger partial charge >= 0.3 is 0 Å². The van der Waals surface area contributed by atoms with Gasteiger partial charge in [-0.05, 0) is 42.0 Å². The minimum atomic E-state index is -3.79. The van der Waals surface area contributed by atoms with Gasteiger partial charge in [-0.2, -0.15) is 0 Å². The Labute approximate surface area is 169 Å². The predicted molar refractivity (Wildman–Crippen MR) is 112 cm³/mol. The fraction of sp³-hybridized carbons (Fsp3) is 0.143. The van der Waals surface area contributed by atoms with Gasteiger partial charge < -0.3 is 10.6 Å². The number of hydrogen-bond acceptors (Lipinski definition) is 4. The van der Waals surface area contributed by atoms with E-state index >= 15 is 0 Å². The van der Waals surface area contributed by atoms with Crippen molar-refractivity contribution in [2.45, 2.75) is 11.8 Å². The lowest BCUT2D eigenvalue weighted by Gasteiger charge is -2.09. The van der Waals surface area contributed by atoms with Crippen molar-refractivity contribution < 1.29 is 18.0 Å².